The van der Waals surface area contributed by atoms with Gasteiger partial charge in [0.25, 0.3) is 0 Å². The first-order valence-electron chi connectivity index (χ1n) is 18.6. The Morgan fingerprint density at radius 2 is 1.32 bits per heavy atom. The molecule has 0 aliphatic carbocycles. The summed E-state index contributed by atoms with van der Waals surface area (Å²) in [4.78, 5) is 17.9. The van der Waals surface area contributed by atoms with Crippen molar-refractivity contribution in [2.24, 2.45) is 0 Å². The van der Waals surface area contributed by atoms with Gasteiger partial charge in [-0.25, -0.2) is 15.0 Å². The molecule has 1 aliphatic rings. The molecule has 1 aliphatic heterocycles. The first kappa shape index (κ1) is 37.2. The number of hydrogen-bond donors (Lipinski definition) is 0. The van der Waals surface area contributed by atoms with Gasteiger partial charge >= 0.3 is 0 Å². The molecule has 3 aromatic heterocycles. The Bertz CT molecular complexity index is 2710. The largest absolute Gasteiger partial charge is 0.509 e. The molecule has 0 amide bonds. The summed E-state index contributed by atoms with van der Waals surface area (Å²) in [6.07, 6.45) is 7.19. The number of rotatable bonds is 6. The van der Waals surface area contributed by atoms with Gasteiger partial charge in [0.1, 0.15) is 12.1 Å². The summed E-state index contributed by atoms with van der Waals surface area (Å²) in [5.41, 5.74) is 10.4. The molecule has 0 N–H and O–H groups in total. The molecule has 0 fully saturated rings. The van der Waals surface area contributed by atoms with Crippen LogP contribution in [0.4, 0.5) is 22.7 Å². The van der Waals surface area contributed by atoms with E-state index >= 15 is 0 Å². The van der Waals surface area contributed by atoms with E-state index in [1.165, 1.54) is 11.1 Å². The minimum atomic E-state index is -0.0415. The van der Waals surface area contributed by atoms with Gasteiger partial charge in [-0.3, -0.25) is 0 Å². The molecule has 7 nitrogen and oxygen atoms in total. The monoisotopic (exact) mass is 912 g/mol. The Balaban J connectivity index is 0.00000441. The fourth-order valence-corrected chi connectivity index (χ4v) is 7.31. The average Bonchev–Trinajstić information content (AvgIpc) is 3.74. The van der Waals surface area contributed by atoms with Crippen LogP contribution in [-0.4, -0.2) is 19.5 Å². The van der Waals surface area contributed by atoms with Gasteiger partial charge in [-0.05, 0) is 63.7 Å². The zero-order valence-electron chi connectivity index (χ0n) is 32.2. The standard InChI is InChI=1S/C48H41N6O.Pt/c1-47(2,3)33-18-20-38(32-28-49-30-50-29-32)44(24-33)53-31-52(42-16-9-10-17-43(42)53)35-12-11-13-36(26-35)55-37-19-21-40-39-14-7-8-15-41(39)54(45(40)27-37)46-25-34(22-23-51-46)48(4,5)6;/h7-25,28-31H,1-6H3;/q-3;. The van der Waals surface area contributed by atoms with Crippen molar-refractivity contribution >= 4 is 44.6 Å². The molecule has 9 rings (SSSR count). The second-order valence-corrected chi connectivity index (χ2v) is 16.0. The predicted octanol–water partition coefficient (Wildman–Crippen LogP) is 12.0. The molecule has 0 bridgehead atoms. The van der Waals surface area contributed by atoms with Crippen LogP contribution < -0.4 is 14.5 Å². The number of ether oxygens (including phenoxy) is 1. The van der Waals surface area contributed by atoms with E-state index in [0.29, 0.717) is 11.5 Å². The van der Waals surface area contributed by atoms with Crippen LogP contribution in [0.5, 0.6) is 11.5 Å². The number of nitrogens with zero attached hydrogens (tertiary/aromatic N) is 6. The van der Waals surface area contributed by atoms with Crippen molar-refractivity contribution in [3.05, 3.63) is 164 Å². The molecule has 0 unspecified atom stereocenters. The van der Waals surface area contributed by atoms with E-state index in [9.17, 15) is 0 Å². The van der Waals surface area contributed by atoms with Gasteiger partial charge in [0.15, 0.2) is 0 Å². The summed E-state index contributed by atoms with van der Waals surface area (Å²) in [5, 5.41) is 2.23. The molecule has 282 valence electrons. The molecule has 8 aromatic rings. The van der Waals surface area contributed by atoms with Crippen LogP contribution in [0.15, 0.2) is 134 Å². The first-order valence-corrected chi connectivity index (χ1v) is 18.6. The van der Waals surface area contributed by atoms with E-state index in [1.54, 1.807) is 6.33 Å². The zero-order valence-corrected chi connectivity index (χ0v) is 34.5. The maximum atomic E-state index is 6.57. The molecule has 0 atom stereocenters. The van der Waals surface area contributed by atoms with Crippen LogP contribution in [0.25, 0.3) is 38.8 Å². The Morgan fingerprint density at radius 3 is 2.09 bits per heavy atom. The van der Waals surface area contributed by atoms with Gasteiger partial charge in [0.05, 0.1) is 0 Å². The van der Waals surface area contributed by atoms with Gasteiger partial charge in [-0.2, -0.15) is 12.1 Å². The molecule has 5 aromatic carbocycles. The quantitative estimate of drug-likeness (QED) is 0.155. The Kier molecular flexibility index (Phi) is 9.54. The Hall–Kier alpha value is -5.78. The van der Waals surface area contributed by atoms with Gasteiger partial charge in [-0.15, -0.1) is 48.1 Å². The van der Waals surface area contributed by atoms with Crippen LogP contribution in [0.2, 0.25) is 0 Å². The number of fused-ring (bicyclic) bond motifs is 4. The number of pyridine rings is 1. The molecular weight excluding hydrogens is 872 g/mol. The third kappa shape index (κ3) is 6.75. The van der Waals surface area contributed by atoms with Crippen molar-refractivity contribution in [3.63, 3.8) is 0 Å². The molecule has 56 heavy (non-hydrogen) atoms. The topological polar surface area (TPSA) is 59.3 Å². The number of anilines is 4. The zero-order chi connectivity index (χ0) is 37.9. The second kappa shape index (κ2) is 14.4. The minimum absolute atomic E-state index is 0. The van der Waals surface area contributed by atoms with Crippen LogP contribution >= 0.6 is 0 Å². The first-order chi connectivity index (χ1) is 26.5. The smallest absolute Gasteiger partial charge is 0.135 e. The SMILES string of the molecule is CC(C)(C)c1ccnc(-n2c3[c-]c(Oc4[c-]c(N5[CH-]N(c6cc(C(C)(C)C)ccc6-c6cncnc6)c6ccccc65)ccc4)ccc3c3ccccc32)c1.[Pt]. The van der Waals surface area contributed by atoms with E-state index < -0.39 is 0 Å². The summed E-state index contributed by atoms with van der Waals surface area (Å²) in [5.74, 6) is 2.03. The number of hydrogen-bond acceptors (Lipinski definition) is 6. The van der Waals surface area contributed by atoms with Crippen molar-refractivity contribution < 1.29 is 25.8 Å². The van der Waals surface area contributed by atoms with Crippen molar-refractivity contribution in [1.29, 1.82) is 0 Å². The van der Waals surface area contributed by atoms with Crippen LogP contribution in [0.3, 0.4) is 0 Å². The normalized spacial score (nSPS) is 12.9. The summed E-state index contributed by atoms with van der Waals surface area (Å²) in [7, 11) is 0. The van der Waals surface area contributed by atoms with Crippen LogP contribution in [-0.2, 0) is 31.9 Å². The maximum absolute atomic E-state index is 6.57. The Labute approximate surface area is 342 Å². The minimum Gasteiger partial charge on any atom is -0.509 e. The van der Waals surface area contributed by atoms with Crippen molar-refractivity contribution in [2.75, 3.05) is 9.80 Å². The van der Waals surface area contributed by atoms with Crippen LogP contribution in [0, 0.1) is 18.8 Å². The predicted molar refractivity (Wildman–Crippen MR) is 223 cm³/mol. The number of aromatic nitrogens is 4. The number of para-hydroxylation sites is 3. The molecular formula is C48H41N6OPt-3. The molecule has 0 saturated carbocycles. The summed E-state index contributed by atoms with van der Waals surface area (Å²) < 4.78 is 8.75. The molecule has 4 heterocycles. The summed E-state index contributed by atoms with van der Waals surface area (Å²) in [6.45, 7) is 15.5. The molecule has 0 spiro atoms. The molecule has 0 saturated heterocycles. The summed E-state index contributed by atoms with van der Waals surface area (Å²) in [6, 6.07) is 45.0. The van der Waals surface area contributed by atoms with Gasteiger partial charge in [0.2, 0.25) is 0 Å². The Morgan fingerprint density at radius 1 is 0.625 bits per heavy atom. The van der Waals surface area contributed by atoms with E-state index in [1.807, 2.05) is 36.8 Å². The fourth-order valence-electron chi connectivity index (χ4n) is 7.31. The third-order valence-corrected chi connectivity index (χ3v) is 10.3. The fraction of sp³-hybridized carbons (Fsp3) is 0.167. The summed E-state index contributed by atoms with van der Waals surface area (Å²) >= 11 is 0. The van der Waals surface area contributed by atoms with E-state index in [4.69, 9.17) is 9.72 Å². The van der Waals surface area contributed by atoms with E-state index in [2.05, 4.69) is 176 Å². The van der Waals surface area contributed by atoms with Crippen molar-refractivity contribution in [2.45, 2.75) is 52.4 Å². The second-order valence-electron chi connectivity index (χ2n) is 16.0. The van der Waals surface area contributed by atoms with Crippen molar-refractivity contribution in [1.82, 2.24) is 19.5 Å². The van der Waals surface area contributed by atoms with E-state index in [0.717, 1.165) is 61.5 Å². The maximum Gasteiger partial charge on any atom is 0.135 e. The molecule has 8 heteroatoms. The third-order valence-electron chi connectivity index (χ3n) is 10.3. The van der Waals surface area contributed by atoms with Crippen LogP contribution in [0.1, 0.15) is 52.7 Å². The van der Waals surface area contributed by atoms with E-state index in [-0.39, 0.29) is 31.9 Å². The van der Waals surface area contributed by atoms with Crippen molar-refractivity contribution in [3.8, 4) is 28.4 Å². The average molecular weight is 913 g/mol. The van der Waals surface area contributed by atoms with Gasteiger partial charge < -0.3 is 19.1 Å². The molecule has 0 radical (unpaired) electrons. The van der Waals surface area contributed by atoms with Gasteiger partial charge in [-0.1, -0.05) is 89.5 Å². The van der Waals surface area contributed by atoms with Gasteiger partial charge in [0, 0.05) is 84.9 Å². The number of benzene rings is 5.